The molecular weight excluding hydrogens is 326 g/mol. The van der Waals surface area contributed by atoms with Crippen molar-refractivity contribution >= 4 is 33.2 Å². The summed E-state index contributed by atoms with van der Waals surface area (Å²) in [6, 6.07) is 7.40. The Labute approximate surface area is 123 Å². The lowest BCUT2D eigenvalue weighted by atomic mass is 10.2. The lowest BCUT2D eigenvalue weighted by Gasteiger charge is -2.07. The quantitative estimate of drug-likeness (QED) is 0.688. The fourth-order valence-electron chi connectivity index (χ4n) is 1.62. The van der Waals surface area contributed by atoms with Crippen molar-refractivity contribution in [3.63, 3.8) is 0 Å². The van der Waals surface area contributed by atoms with Crippen LogP contribution in [0.4, 0.5) is 11.4 Å². The molecule has 0 unspecified atom stereocenters. The van der Waals surface area contributed by atoms with Crippen molar-refractivity contribution < 1.29 is 9.72 Å². The Kier molecular flexibility index (Phi) is 4.09. The van der Waals surface area contributed by atoms with Crippen LogP contribution in [0, 0.1) is 17.0 Å². The highest BCUT2D eigenvalue weighted by atomic mass is 79.9. The molecule has 0 saturated heterocycles. The van der Waals surface area contributed by atoms with Gasteiger partial charge in [0.25, 0.3) is 11.6 Å². The Hall–Kier alpha value is -2.28. The first-order valence-corrected chi connectivity index (χ1v) is 6.44. The summed E-state index contributed by atoms with van der Waals surface area (Å²) < 4.78 is 0.370. The number of nitro benzene ring substituents is 1. The van der Waals surface area contributed by atoms with E-state index in [4.69, 9.17) is 0 Å². The summed E-state index contributed by atoms with van der Waals surface area (Å²) in [7, 11) is 0. The monoisotopic (exact) mass is 335 g/mol. The predicted molar refractivity (Wildman–Crippen MR) is 77.7 cm³/mol. The van der Waals surface area contributed by atoms with Crippen LogP contribution in [0.5, 0.6) is 0 Å². The van der Waals surface area contributed by atoms with Gasteiger partial charge < -0.3 is 5.32 Å². The van der Waals surface area contributed by atoms with Crippen molar-refractivity contribution in [2.24, 2.45) is 0 Å². The van der Waals surface area contributed by atoms with Crippen LogP contribution in [0.1, 0.15) is 16.1 Å². The number of non-ortho nitro benzene ring substituents is 1. The zero-order valence-electron chi connectivity index (χ0n) is 10.5. The van der Waals surface area contributed by atoms with Crippen molar-refractivity contribution in [2.75, 3.05) is 5.32 Å². The molecule has 0 aliphatic heterocycles. The number of benzene rings is 1. The van der Waals surface area contributed by atoms with Crippen molar-refractivity contribution in [3.8, 4) is 0 Å². The van der Waals surface area contributed by atoms with Crippen molar-refractivity contribution in [2.45, 2.75) is 6.92 Å². The molecule has 0 atom stereocenters. The molecule has 7 heteroatoms. The molecule has 2 aromatic rings. The Morgan fingerprint density at radius 3 is 2.70 bits per heavy atom. The van der Waals surface area contributed by atoms with Crippen LogP contribution in [0.2, 0.25) is 0 Å². The number of rotatable bonds is 3. The van der Waals surface area contributed by atoms with E-state index in [-0.39, 0.29) is 11.6 Å². The normalized spacial score (nSPS) is 10.1. The van der Waals surface area contributed by atoms with Crippen LogP contribution in [0.25, 0.3) is 0 Å². The highest BCUT2D eigenvalue weighted by Crippen LogP contribution is 2.23. The van der Waals surface area contributed by atoms with Gasteiger partial charge >= 0.3 is 0 Å². The zero-order valence-corrected chi connectivity index (χ0v) is 12.0. The van der Waals surface area contributed by atoms with E-state index in [0.29, 0.717) is 15.7 Å². The molecule has 1 N–H and O–H groups in total. The minimum absolute atomic E-state index is 0.0758. The molecule has 0 fully saturated rings. The van der Waals surface area contributed by atoms with Crippen molar-refractivity contribution in [1.29, 1.82) is 0 Å². The first-order chi connectivity index (χ1) is 9.47. The van der Waals surface area contributed by atoms with Gasteiger partial charge in [-0.1, -0.05) is 0 Å². The van der Waals surface area contributed by atoms with Gasteiger partial charge in [0.15, 0.2) is 0 Å². The molecule has 1 heterocycles. The van der Waals surface area contributed by atoms with E-state index in [1.54, 1.807) is 18.3 Å². The fourth-order valence-corrected chi connectivity index (χ4v) is 2.17. The maximum absolute atomic E-state index is 12.1. The summed E-state index contributed by atoms with van der Waals surface area (Å²) in [5.41, 5.74) is 1.65. The topological polar surface area (TPSA) is 85.1 Å². The van der Waals surface area contributed by atoms with Gasteiger partial charge in [-0.3, -0.25) is 19.9 Å². The van der Waals surface area contributed by atoms with E-state index in [0.717, 1.165) is 5.69 Å². The molecule has 1 aromatic heterocycles. The van der Waals surface area contributed by atoms with E-state index in [1.807, 2.05) is 6.92 Å². The summed E-state index contributed by atoms with van der Waals surface area (Å²) >= 11 is 3.17. The number of halogens is 1. The first kappa shape index (κ1) is 14.1. The second-order valence-corrected chi connectivity index (χ2v) is 4.92. The van der Waals surface area contributed by atoms with Gasteiger partial charge in [0.2, 0.25) is 0 Å². The number of hydrogen-bond acceptors (Lipinski definition) is 4. The molecule has 0 spiro atoms. The van der Waals surface area contributed by atoms with Crippen LogP contribution >= 0.6 is 15.9 Å². The molecule has 0 radical (unpaired) electrons. The molecule has 0 bridgehead atoms. The van der Waals surface area contributed by atoms with Crippen molar-refractivity contribution in [1.82, 2.24) is 4.98 Å². The second-order valence-electron chi connectivity index (χ2n) is 4.06. The molecule has 0 aliphatic rings. The summed E-state index contributed by atoms with van der Waals surface area (Å²) in [5.74, 6) is -0.350. The molecule has 1 amide bonds. The number of aromatic nitrogens is 1. The summed E-state index contributed by atoms with van der Waals surface area (Å²) in [5, 5.41) is 13.3. The van der Waals surface area contributed by atoms with Gasteiger partial charge in [0, 0.05) is 34.2 Å². The highest BCUT2D eigenvalue weighted by Gasteiger charge is 2.14. The van der Waals surface area contributed by atoms with Gasteiger partial charge in [-0.05, 0) is 41.1 Å². The van der Waals surface area contributed by atoms with Gasteiger partial charge in [-0.15, -0.1) is 0 Å². The average Bonchev–Trinajstić information content (AvgIpc) is 2.38. The van der Waals surface area contributed by atoms with E-state index < -0.39 is 4.92 Å². The number of carbonyl (C=O) groups is 1. The summed E-state index contributed by atoms with van der Waals surface area (Å²) in [6.45, 7) is 1.82. The molecule has 102 valence electrons. The molecule has 0 saturated carbocycles. The molecule has 6 nitrogen and oxygen atoms in total. The Balaban J connectivity index is 2.23. The average molecular weight is 336 g/mol. The third kappa shape index (κ3) is 3.18. The molecule has 20 heavy (non-hydrogen) atoms. The number of anilines is 1. The lowest BCUT2D eigenvalue weighted by Crippen LogP contribution is -2.12. The maximum Gasteiger partial charge on any atom is 0.270 e. The SMILES string of the molecule is Cc1cc(NC(=O)c2ccc([N+](=O)[O-])cc2Br)ccn1. The molecular formula is C13H10BrN3O3. The third-order valence-corrected chi connectivity index (χ3v) is 3.22. The second kappa shape index (κ2) is 5.79. The maximum atomic E-state index is 12.1. The molecule has 0 aliphatic carbocycles. The largest absolute Gasteiger partial charge is 0.322 e. The predicted octanol–water partition coefficient (Wildman–Crippen LogP) is 3.31. The van der Waals surface area contributed by atoms with Gasteiger partial charge in [-0.2, -0.15) is 0 Å². The standard InChI is InChI=1S/C13H10BrN3O3/c1-8-6-9(4-5-15-8)16-13(18)11-3-2-10(17(19)20)7-12(11)14/h2-7H,1H3,(H,15,16,18). The van der Waals surface area contributed by atoms with E-state index >= 15 is 0 Å². The highest BCUT2D eigenvalue weighted by molar-refractivity contribution is 9.10. The number of nitrogens with zero attached hydrogens (tertiary/aromatic N) is 2. The number of carbonyl (C=O) groups excluding carboxylic acids is 1. The van der Waals surface area contributed by atoms with Gasteiger partial charge in [-0.25, -0.2) is 0 Å². The smallest absolute Gasteiger partial charge is 0.270 e. The number of nitro groups is 1. The molecule has 2 rings (SSSR count). The number of amides is 1. The van der Waals surface area contributed by atoms with Crippen LogP contribution < -0.4 is 5.32 Å². The van der Waals surface area contributed by atoms with Crippen LogP contribution in [-0.2, 0) is 0 Å². The van der Waals surface area contributed by atoms with Crippen LogP contribution in [-0.4, -0.2) is 15.8 Å². The lowest BCUT2D eigenvalue weighted by molar-refractivity contribution is -0.384. The van der Waals surface area contributed by atoms with Gasteiger partial charge in [0.1, 0.15) is 0 Å². The summed E-state index contributed by atoms with van der Waals surface area (Å²) in [6.07, 6.45) is 1.59. The van der Waals surface area contributed by atoms with Crippen LogP contribution in [0.3, 0.4) is 0 Å². The number of pyridine rings is 1. The molecule has 1 aromatic carbocycles. The third-order valence-electron chi connectivity index (χ3n) is 2.56. The Morgan fingerprint density at radius 2 is 2.10 bits per heavy atom. The zero-order chi connectivity index (χ0) is 14.7. The van der Waals surface area contributed by atoms with E-state index in [2.05, 4.69) is 26.2 Å². The van der Waals surface area contributed by atoms with Crippen molar-refractivity contribution in [3.05, 3.63) is 62.4 Å². The van der Waals surface area contributed by atoms with E-state index in [9.17, 15) is 14.9 Å². The number of hydrogen-bond donors (Lipinski definition) is 1. The number of nitrogens with one attached hydrogen (secondary N) is 1. The first-order valence-electron chi connectivity index (χ1n) is 5.65. The minimum Gasteiger partial charge on any atom is -0.322 e. The number of aryl methyl sites for hydroxylation is 1. The minimum atomic E-state index is -0.515. The Morgan fingerprint density at radius 1 is 1.35 bits per heavy atom. The van der Waals surface area contributed by atoms with Crippen LogP contribution in [0.15, 0.2) is 41.0 Å². The van der Waals surface area contributed by atoms with E-state index in [1.165, 1.54) is 18.2 Å². The summed E-state index contributed by atoms with van der Waals surface area (Å²) in [4.78, 5) is 26.3. The van der Waals surface area contributed by atoms with Gasteiger partial charge in [0.05, 0.1) is 10.5 Å². The fraction of sp³-hybridized carbons (Fsp3) is 0.0769. The Bertz CT molecular complexity index is 688.